The van der Waals surface area contributed by atoms with Crippen LogP contribution in [0.2, 0.25) is 5.02 Å². The quantitative estimate of drug-likeness (QED) is 0.718. The van der Waals surface area contributed by atoms with E-state index < -0.39 is 12.1 Å². The lowest BCUT2D eigenvalue weighted by Crippen LogP contribution is -2.51. The summed E-state index contributed by atoms with van der Waals surface area (Å²) in [5.41, 5.74) is 1.34. The zero-order valence-electron chi connectivity index (χ0n) is 15.9. The molecule has 7 heteroatoms. The van der Waals surface area contributed by atoms with Crippen molar-refractivity contribution >= 4 is 29.2 Å². The number of amides is 1. The van der Waals surface area contributed by atoms with Gasteiger partial charge in [0.25, 0.3) is 5.91 Å². The largest absolute Gasteiger partial charge is 0.496 e. The zero-order valence-corrected chi connectivity index (χ0v) is 16.7. The predicted molar refractivity (Wildman–Crippen MR) is 108 cm³/mol. The normalized spacial score (nSPS) is 15.1. The fourth-order valence-electron chi connectivity index (χ4n) is 3.20. The van der Waals surface area contributed by atoms with Crippen molar-refractivity contribution in [2.24, 2.45) is 0 Å². The summed E-state index contributed by atoms with van der Waals surface area (Å²) in [5, 5.41) is 0.392. The maximum atomic E-state index is 12.7. The third-order valence-electron chi connectivity index (χ3n) is 4.73. The average Bonchev–Trinajstić information content (AvgIpc) is 2.73. The van der Waals surface area contributed by atoms with Crippen LogP contribution in [0.1, 0.15) is 17.3 Å². The van der Waals surface area contributed by atoms with Crippen LogP contribution < -0.4 is 9.64 Å². The molecule has 0 N–H and O–H groups in total. The first-order valence-electron chi connectivity index (χ1n) is 9.13. The first kappa shape index (κ1) is 20.0. The Morgan fingerprint density at radius 1 is 1.04 bits per heavy atom. The Hall–Kier alpha value is -2.73. The minimum Gasteiger partial charge on any atom is -0.496 e. The van der Waals surface area contributed by atoms with Gasteiger partial charge in [-0.3, -0.25) is 4.79 Å². The van der Waals surface area contributed by atoms with Gasteiger partial charge in [-0.1, -0.05) is 29.8 Å². The summed E-state index contributed by atoms with van der Waals surface area (Å²) in [6.45, 7) is 4.21. The van der Waals surface area contributed by atoms with Gasteiger partial charge in [-0.15, -0.1) is 0 Å². The average molecular weight is 403 g/mol. The number of hydrogen-bond acceptors (Lipinski definition) is 5. The van der Waals surface area contributed by atoms with Crippen LogP contribution in [0.15, 0.2) is 48.5 Å². The summed E-state index contributed by atoms with van der Waals surface area (Å²) in [7, 11) is 1.46. The molecule has 1 amide bonds. The van der Waals surface area contributed by atoms with Gasteiger partial charge in [-0.25, -0.2) is 4.79 Å². The van der Waals surface area contributed by atoms with E-state index in [2.05, 4.69) is 17.0 Å². The van der Waals surface area contributed by atoms with Crippen LogP contribution in [0.5, 0.6) is 5.75 Å². The third kappa shape index (κ3) is 4.57. The van der Waals surface area contributed by atoms with Crippen LogP contribution >= 0.6 is 11.6 Å². The topological polar surface area (TPSA) is 59.1 Å². The molecule has 1 atom stereocenters. The fraction of sp³-hybridized carbons (Fsp3) is 0.333. The molecule has 0 unspecified atom stereocenters. The number of esters is 1. The number of carbonyl (C=O) groups excluding carboxylic acids is 2. The molecule has 1 saturated heterocycles. The van der Waals surface area contributed by atoms with Crippen LogP contribution in [0.3, 0.4) is 0 Å². The SMILES string of the molecule is COc1ccc(Cl)cc1C(=O)O[C@H](C)C(=O)N1CCN(c2ccccc2)CC1. The fourth-order valence-corrected chi connectivity index (χ4v) is 3.37. The van der Waals surface area contributed by atoms with Crippen LogP contribution in [0.4, 0.5) is 5.69 Å². The molecule has 1 aliphatic rings. The Balaban J connectivity index is 1.58. The van der Waals surface area contributed by atoms with Crippen molar-refractivity contribution in [2.75, 3.05) is 38.2 Å². The molecule has 0 aliphatic carbocycles. The van der Waals surface area contributed by atoms with E-state index in [-0.39, 0.29) is 11.5 Å². The molecule has 28 heavy (non-hydrogen) atoms. The minimum absolute atomic E-state index is 0.198. The minimum atomic E-state index is -0.889. The lowest BCUT2D eigenvalue weighted by atomic mass is 10.2. The van der Waals surface area contributed by atoms with Crippen molar-refractivity contribution in [3.63, 3.8) is 0 Å². The smallest absolute Gasteiger partial charge is 0.342 e. The Bertz CT molecular complexity index is 836. The van der Waals surface area contributed by atoms with Gasteiger partial charge in [0.2, 0.25) is 0 Å². The van der Waals surface area contributed by atoms with Gasteiger partial charge in [0, 0.05) is 36.9 Å². The molecule has 2 aromatic carbocycles. The number of benzene rings is 2. The maximum absolute atomic E-state index is 12.7. The van der Waals surface area contributed by atoms with Gasteiger partial charge in [0.15, 0.2) is 6.10 Å². The van der Waals surface area contributed by atoms with Crippen LogP contribution in [-0.2, 0) is 9.53 Å². The third-order valence-corrected chi connectivity index (χ3v) is 4.96. The second kappa shape index (κ2) is 8.97. The monoisotopic (exact) mass is 402 g/mol. The van der Waals surface area contributed by atoms with E-state index in [0.717, 1.165) is 18.8 Å². The summed E-state index contributed by atoms with van der Waals surface area (Å²) >= 11 is 5.96. The van der Waals surface area contributed by atoms with Crippen molar-refractivity contribution in [3.05, 3.63) is 59.1 Å². The molecule has 0 saturated carbocycles. The highest BCUT2D eigenvalue weighted by Gasteiger charge is 2.28. The van der Waals surface area contributed by atoms with Crippen LogP contribution in [-0.4, -0.2) is 56.2 Å². The van der Waals surface area contributed by atoms with Crippen molar-refractivity contribution in [1.82, 2.24) is 4.90 Å². The predicted octanol–water partition coefficient (Wildman–Crippen LogP) is 3.24. The lowest BCUT2D eigenvalue weighted by molar-refractivity contribution is -0.140. The van der Waals surface area contributed by atoms with Gasteiger partial charge >= 0.3 is 5.97 Å². The second-order valence-electron chi connectivity index (χ2n) is 6.54. The summed E-state index contributed by atoms with van der Waals surface area (Å²) in [6.07, 6.45) is -0.889. The van der Waals surface area contributed by atoms with Crippen molar-refractivity contribution in [1.29, 1.82) is 0 Å². The Morgan fingerprint density at radius 3 is 2.36 bits per heavy atom. The number of para-hydroxylation sites is 1. The molecule has 1 heterocycles. The van der Waals surface area contributed by atoms with Crippen LogP contribution in [0, 0.1) is 0 Å². The molecule has 148 valence electrons. The summed E-state index contributed by atoms with van der Waals surface area (Å²) in [5.74, 6) is -0.490. The number of nitrogens with zero attached hydrogens (tertiary/aromatic N) is 2. The standard InChI is InChI=1S/C21H23ClN2O4/c1-15(28-21(26)18-14-16(22)8-9-19(18)27-2)20(25)24-12-10-23(11-13-24)17-6-4-3-5-7-17/h3-9,14-15H,10-13H2,1-2H3/t15-/m1/s1. The highest BCUT2D eigenvalue weighted by molar-refractivity contribution is 6.31. The molecule has 2 aromatic rings. The molecule has 3 rings (SSSR count). The van der Waals surface area contributed by atoms with E-state index in [0.29, 0.717) is 23.9 Å². The summed E-state index contributed by atoms with van der Waals surface area (Å²) in [4.78, 5) is 29.1. The van der Waals surface area contributed by atoms with Gasteiger partial charge in [0.05, 0.1) is 7.11 Å². The van der Waals surface area contributed by atoms with E-state index in [1.54, 1.807) is 24.0 Å². The summed E-state index contributed by atoms with van der Waals surface area (Å²) in [6, 6.07) is 14.8. The van der Waals surface area contributed by atoms with E-state index in [9.17, 15) is 9.59 Å². The van der Waals surface area contributed by atoms with E-state index >= 15 is 0 Å². The van der Waals surface area contributed by atoms with Crippen molar-refractivity contribution in [3.8, 4) is 5.75 Å². The number of carbonyl (C=O) groups is 2. The van der Waals surface area contributed by atoms with Gasteiger partial charge in [0.1, 0.15) is 11.3 Å². The molecule has 0 bridgehead atoms. The van der Waals surface area contributed by atoms with Crippen LogP contribution in [0.25, 0.3) is 0 Å². The van der Waals surface area contributed by atoms with Crippen molar-refractivity contribution in [2.45, 2.75) is 13.0 Å². The highest BCUT2D eigenvalue weighted by Crippen LogP contribution is 2.24. The molecule has 0 radical (unpaired) electrons. The Kier molecular flexibility index (Phi) is 6.41. The first-order valence-corrected chi connectivity index (χ1v) is 9.50. The van der Waals surface area contributed by atoms with E-state index in [4.69, 9.17) is 21.1 Å². The molecule has 1 fully saturated rings. The van der Waals surface area contributed by atoms with Crippen molar-refractivity contribution < 1.29 is 19.1 Å². The number of hydrogen-bond donors (Lipinski definition) is 0. The molecule has 0 spiro atoms. The zero-order chi connectivity index (χ0) is 20.1. The lowest BCUT2D eigenvalue weighted by Gasteiger charge is -2.37. The molecule has 6 nitrogen and oxygen atoms in total. The van der Waals surface area contributed by atoms with Gasteiger partial charge in [-0.2, -0.15) is 0 Å². The number of halogens is 1. The maximum Gasteiger partial charge on any atom is 0.342 e. The number of rotatable bonds is 5. The number of piperazine rings is 1. The second-order valence-corrected chi connectivity index (χ2v) is 6.98. The van der Waals surface area contributed by atoms with E-state index in [1.165, 1.54) is 13.2 Å². The number of anilines is 1. The van der Waals surface area contributed by atoms with Gasteiger partial charge in [-0.05, 0) is 37.3 Å². The summed E-state index contributed by atoms with van der Waals surface area (Å²) < 4.78 is 10.6. The molecule has 1 aliphatic heterocycles. The Labute approximate surface area is 169 Å². The van der Waals surface area contributed by atoms with Gasteiger partial charge < -0.3 is 19.3 Å². The Morgan fingerprint density at radius 2 is 1.71 bits per heavy atom. The molecular weight excluding hydrogens is 380 g/mol. The first-order chi connectivity index (χ1) is 13.5. The number of ether oxygens (including phenoxy) is 2. The molecular formula is C21H23ClN2O4. The number of methoxy groups -OCH3 is 1. The highest BCUT2D eigenvalue weighted by atomic mass is 35.5. The van der Waals surface area contributed by atoms with E-state index in [1.807, 2.05) is 18.2 Å². The molecule has 0 aromatic heterocycles.